The highest BCUT2D eigenvalue weighted by molar-refractivity contribution is 5.88. The Morgan fingerprint density at radius 1 is 1.10 bits per heavy atom. The minimum atomic E-state index is -0.916. The van der Waals surface area contributed by atoms with E-state index < -0.39 is 17.8 Å². The molecule has 0 bridgehead atoms. The van der Waals surface area contributed by atoms with Gasteiger partial charge in [-0.3, -0.25) is 14.4 Å². The molecule has 1 fully saturated rings. The first-order valence-corrected chi connectivity index (χ1v) is 7.57. The van der Waals surface area contributed by atoms with Gasteiger partial charge in [0.25, 0.3) is 0 Å². The van der Waals surface area contributed by atoms with E-state index in [9.17, 15) is 19.5 Å². The first-order chi connectivity index (χ1) is 9.81. The van der Waals surface area contributed by atoms with Crippen LogP contribution in [0.4, 0.5) is 0 Å². The standard InChI is InChI=1S/C15H26N2O4/c1-5-17(6-2)13(18)9-16(4)14(19)11-7-10(3)8-12(11)15(20)21/h10-12H,5-9H2,1-4H3,(H,20,21)/t10?,11-,12+/m0/s1. The predicted octanol–water partition coefficient (Wildman–Crippen LogP) is 1.06. The van der Waals surface area contributed by atoms with Crippen LogP contribution in [0.15, 0.2) is 0 Å². The van der Waals surface area contributed by atoms with Gasteiger partial charge in [0, 0.05) is 20.1 Å². The lowest BCUT2D eigenvalue weighted by Crippen LogP contribution is -2.44. The number of rotatable bonds is 6. The fourth-order valence-corrected chi connectivity index (χ4v) is 3.08. The van der Waals surface area contributed by atoms with Crippen molar-refractivity contribution in [3.8, 4) is 0 Å². The molecule has 1 N–H and O–H groups in total. The van der Waals surface area contributed by atoms with Crippen molar-refractivity contribution in [2.24, 2.45) is 17.8 Å². The van der Waals surface area contributed by atoms with Crippen molar-refractivity contribution in [2.75, 3.05) is 26.7 Å². The number of carbonyl (C=O) groups is 3. The second kappa shape index (κ2) is 7.43. The highest BCUT2D eigenvalue weighted by atomic mass is 16.4. The van der Waals surface area contributed by atoms with Crippen LogP contribution in [0.3, 0.4) is 0 Å². The number of hydrogen-bond donors (Lipinski definition) is 1. The van der Waals surface area contributed by atoms with Crippen molar-refractivity contribution in [2.45, 2.75) is 33.6 Å². The number of likely N-dealkylation sites (N-methyl/N-ethyl adjacent to an activating group) is 2. The van der Waals surface area contributed by atoms with Crippen molar-refractivity contribution in [1.82, 2.24) is 9.80 Å². The highest BCUT2D eigenvalue weighted by Crippen LogP contribution is 2.37. The van der Waals surface area contributed by atoms with Gasteiger partial charge in [-0.25, -0.2) is 0 Å². The van der Waals surface area contributed by atoms with Crippen molar-refractivity contribution in [3.05, 3.63) is 0 Å². The lowest BCUT2D eigenvalue weighted by Gasteiger charge is -2.26. The maximum absolute atomic E-state index is 12.4. The first kappa shape index (κ1) is 17.5. The van der Waals surface area contributed by atoms with Gasteiger partial charge in [0.1, 0.15) is 0 Å². The van der Waals surface area contributed by atoms with E-state index in [1.54, 1.807) is 11.9 Å². The third kappa shape index (κ3) is 4.19. The Morgan fingerprint density at radius 2 is 1.62 bits per heavy atom. The van der Waals surface area contributed by atoms with Crippen molar-refractivity contribution >= 4 is 17.8 Å². The molecule has 0 radical (unpaired) electrons. The second-order valence-electron chi connectivity index (χ2n) is 5.89. The summed E-state index contributed by atoms with van der Waals surface area (Å²) in [5.41, 5.74) is 0. The van der Waals surface area contributed by atoms with Gasteiger partial charge < -0.3 is 14.9 Å². The molecule has 120 valence electrons. The zero-order valence-corrected chi connectivity index (χ0v) is 13.3. The third-order valence-corrected chi connectivity index (χ3v) is 4.30. The van der Waals surface area contributed by atoms with Crippen molar-refractivity contribution in [3.63, 3.8) is 0 Å². The fourth-order valence-electron chi connectivity index (χ4n) is 3.08. The SMILES string of the molecule is CCN(CC)C(=O)CN(C)C(=O)[C@H]1CC(C)C[C@H]1C(=O)O. The van der Waals surface area contributed by atoms with Crippen molar-refractivity contribution < 1.29 is 19.5 Å². The summed E-state index contributed by atoms with van der Waals surface area (Å²) in [5, 5.41) is 9.23. The molecule has 0 aliphatic heterocycles. The molecule has 0 aromatic heterocycles. The molecule has 1 rings (SSSR count). The molecule has 0 saturated heterocycles. The van der Waals surface area contributed by atoms with Crippen LogP contribution in [0.2, 0.25) is 0 Å². The van der Waals surface area contributed by atoms with Gasteiger partial charge >= 0.3 is 5.97 Å². The van der Waals surface area contributed by atoms with Gasteiger partial charge in [-0.1, -0.05) is 6.92 Å². The Hall–Kier alpha value is -1.59. The lowest BCUT2D eigenvalue weighted by molar-refractivity contribution is -0.149. The van der Waals surface area contributed by atoms with E-state index in [2.05, 4.69) is 0 Å². The molecule has 6 nitrogen and oxygen atoms in total. The number of carboxylic acid groups (broad SMARTS) is 1. The number of carboxylic acids is 1. The van der Waals surface area contributed by atoms with Crippen molar-refractivity contribution in [1.29, 1.82) is 0 Å². The number of aliphatic carboxylic acids is 1. The van der Waals surface area contributed by atoms with Crippen LogP contribution >= 0.6 is 0 Å². The van der Waals surface area contributed by atoms with Crippen LogP contribution < -0.4 is 0 Å². The molecule has 6 heteroatoms. The van der Waals surface area contributed by atoms with Gasteiger partial charge in [0.2, 0.25) is 11.8 Å². The average Bonchev–Trinajstić information content (AvgIpc) is 2.81. The van der Waals surface area contributed by atoms with Gasteiger partial charge in [0.15, 0.2) is 0 Å². The number of amides is 2. The van der Waals surface area contributed by atoms with Gasteiger partial charge in [-0.05, 0) is 32.6 Å². The van der Waals surface area contributed by atoms with E-state index in [0.717, 1.165) is 0 Å². The van der Waals surface area contributed by atoms with Crippen LogP contribution in [0, 0.1) is 17.8 Å². The van der Waals surface area contributed by atoms with Gasteiger partial charge in [-0.2, -0.15) is 0 Å². The number of carbonyl (C=O) groups excluding carboxylic acids is 2. The Balaban J connectivity index is 2.69. The topological polar surface area (TPSA) is 77.9 Å². The van der Waals surface area contributed by atoms with Gasteiger partial charge in [0.05, 0.1) is 18.4 Å². The monoisotopic (exact) mass is 298 g/mol. The van der Waals surface area contributed by atoms with Crippen LogP contribution in [-0.2, 0) is 14.4 Å². The molecular weight excluding hydrogens is 272 g/mol. The average molecular weight is 298 g/mol. The number of nitrogens with zero attached hydrogens (tertiary/aromatic N) is 2. The summed E-state index contributed by atoms with van der Waals surface area (Å²) in [6, 6.07) is 0. The van der Waals surface area contributed by atoms with Crippen LogP contribution in [0.1, 0.15) is 33.6 Å². The smallest absolute Gasteiger partial charge is 0.307 e. The minimum Gasteiger partial charge on any atom is -0.481 e. The molecule has 0 heterocycles. The zero-order valence-electron chi connectivity index (χ0n) is 13.3. The van der Waals surface area contributed by atoms with E-state index in [1.165, 1.54) is 4.90 Å². The Bertz CT molecular complexity index is 406. The molecule has 1 saturated carbocycles. The summed E-state index contributed by atoms with van der Waals surface area (Å²) < 4.78 is 0. The quantitative estimate of drug-likeness (QED) is 0.795. The molecule has 3 atom stereocenters. The van der Waals surface area contributed by atoms with E-state index >= 15 is 0 Å². The maximum Gasteiger partial charge on any atom is 0.307 e. The minimum absolute atomic E-state index is 0.0116. The molecule has 2 amide bonds. The predicted molar refractivity (Wildman–Crippen MR) is 78.6 cm³/mol. The summed E-state index contributed by atoms with van der Waals surface area (Å²) in [5.74, 6) is -2.15. The van der Waals surface area contributed by atoms with Crippen LogP contribution in [0.5, 0.6) is 0 Å². The molecular formula is C15H26N2O4. The van der Waals surface area contributed by atoms with Crippen LogP contribution in [-0.4, -0.2) is 59.4 Å². The largest absolute Gasteiger partial charge is 0.481 e. The van der Waals surface area contributed by atoms with E-state index in [0.29, 0.717) is 25.9 Å². The van der Waals surface area contributed by atoms with Crippen LogP contribution in [0.25, 0.3) is 0 Å². The fraction of sp³-hybridized carbons (Fsp3) is 0.800. The molecule has 0 spiro atoms. The van der Waals surface area contributed by atoms with Gasteiger partial charge in [-0.15, -0.1) is 0 Å². The first-order valence-electron chi connectivity index (χ1n) is 7.57. The molecule has 0 aromatic rings. The normalized spacial score (nSPS) is 24.7. The molecule has 1 aliphatic carbocycles. The van der Waals surface area contributed by atoms with E-state index in [-0.39, 0.29) is 24.3 Å². The van der Waals surface area contributed by atoms with E-state index in [1.807, 2.05) is 20.8 Å². The van der Waals surface area contributed by atoms with E-state index in [4.69, 9.17) is 0 Å². The zero-order chi connectivity index (χ0) is 16.2. The molecule has 21 heavy (non-hydrogen) atoms. The summed E-state index contributed by atoms with van der Waals surface area (Å²) >= 11 is 0. The summed E-state index contributed by atoms with van der Waals surface area (Å²) in [6.07, 6.45) is 1.11. The Morgan fingerprint density at radius 3 is 2.10 bits per heavy atom. The Labute approximate surface area is 126 Å². The number of hydrogen-bond acceptors (Lipinski definition) is 3. The summed E-state index contributed by atoms with van der Waals surface area (Å²) in [6.45, 7) is 6.97. The molecule has 1 aliphatic rings. The Kier molecular flexibility index (Phi) is 6.18. The lowest BCUT2D eigenvalue weighted by atomic mass is 9.95. The highest BCUT2D eigenvalue weighted by Gasteiger charge is 2.42. The summed E-state index contributed by atoms with van der Waals surface area (Å²) in [7, 11) is 1.58. The molecule has 1 unspecified atom stereocenters. The second-order valence-corrected chi connectivity index (χ2v) is 5.89. The maximum atomic E-state index is 12.4. The third-order valence-electron chi connectivity index (χ3n) is 4.30. The molecule has 0 aromatic carbocycles. The summed E-state index contributed by atoms with van der Waals surface area (Å²) in [4.78, 5) is 38.8.